The normalized spacial score (nSPS) is 20.2. The van der Waals surface area contributed by atoms with Crippen LogP contribution in [0.4, 0.5) is 16.2 Å². The highest BCUT2D eigenvalue weighted by Gasteiger charge is 2.50. The van der Waals surface area contributed by atoms with Gasteiger partial charge in [0.15, 0.2) is 0 Å². The number of ether oxygens (including phenoxy) is 1. The van der Waals surface area contributed by atoms with Gasteiger partial charge >= 0.3 is 6.09 Å². The molecule has 0 bridgehead atoms. The van der Waals surface area contributed by atoms with Gasteiger partial charge < -0.3 is 29.2 Å². The lowest BCUT2D eigenvalue weighted by Gasteiger charge is -2.44. The van der Waals surface area contributed by atoms with E-state index in [0.717, 1.165) is 30.9 Å². The Hall–Kier alpha value is -3.82. The monoisotopic (exact) mass is 698 g/mol. The molecule has 0 aliphatic carbocycles. The number of rotatable bonds is 8. The van der Waals surface area contributed by atoms with Gasteiger partial charge in [0.2, 0.25) is 5.91 Å². The molecule has 1 saturated heterocycles. The molecule has 50 heavy (non-hydrogen) atoms. The fourth-order valence-electron chi connectivity index (χ4n) is 7.79. The van der Waals surface area contributed by atoms with Crippen LogP contribution in [0, 0.1) is 5.92 Å². The molecule has 0 aromatic heterocycles. The highest BCUT2D eigenvalue weighted by molar-refractivity contribution is 6.99. The Labute approximate surface area is 301 Å². The molecule has 2 amide bonds. The number of nitrogens with zero attached hydrogens (tertiary/aromatic N) is 3. The zero-order chi connectivity index (χ0) is 36.4. The van der Waals surface area contributed by atoms with Crippen LogP contribution < -0.4 is 25.5 Å². The number of fused-ring (bicyclic) bond motifs is 1. The standard InChI is InChI=1S/C41H58N4O4Si/c1-29(2)37-38(46)42-31(28-48-50(41(6,7)8,34-17-13-11-14-18-34)35-19-15-12-16-20-35)25-30-21-22-32(26-36(30)44(37)10)45-24-23-33(27-45)43(9)39(47)49-40(3,4)5/h11-22,26,29,31,33,37H,23-25,27-28H2,1-10H3,(H,42,46)/t31-,33+,37-/m0/s1. The van der Waals surface area contributed by atoms with E-state index < -0.39 is 13.9 Å². The molecule has 0 unspecified atom stereocenters. The van der Waals surface area contributed by atoms with Crippen LogP contribution in [0.15, 0.2) is 78.9 Å². The minimum Gasteiger partial charge on any atom is -0.444 e. The number of carbonyl (C=O) groups is 2. The molecule has 270 valence electrons. The smallest absolute Gasteiger partial charge is 0.410 e. The summed E-state index contributed by atoms with van der Waals surface area (Å²) >= 11 is 0. The van der Waals surface area contributed by atoms with Gasteiger partial charge in [-0.15, -0.1) is 0 Å². The number of anilines is 2. The first-order valence-electron chi connectivity index (χ1n) is 18.1. The van der Waals surface area contributed by atoms with Crippen molar-refractivity contribution in [2.24, 2.45) is 5.92 Å². The minimum atomic E-state index is -2.80. The van der Waals surface area contributed by atoms with Crippen LogP contribution in [0.5, 0.6) is 0 Å². The molecule has 3 aromatic rings. The van der Waals surface area contributed by atoms with Crippen molar-refractivity contribution in [1.29, 1.82) is 0 Å². The molecule has 5 rings (SSSR count). The largest absolute Gasteiger partial charge is 0.444 e. The third-order valence-corrected chi connectivity index (χ3v) is 15.3. The first-order valence-corrected chi connectivity index (χ1v) is 20.0. The lowest BCUT2D eigenvalue weighted by Crippen LogP contribution is -2.67. The van der Waals surface area contributed by atoms with E-state index in [0.29, 0.717) is 13.0 Å². The summed E-state index contributed by atoms with van der Waals surface area (Å²) < 4.78 is 13.0. The molecule has 0 radical (unpaired) electrons. The molecule has 2 aliphatic rings. The summed E-state index contributed by atoms with van der Waals surface area (Å²) in [5.74, 6) is 0.112. The maximum absolute atomic E-state index is 14.1. The number of benzene rings is 3. The lowest BCUT2D eigenvalue weighted by molar-refractivity contribution is -0.124. The van der Waals surface area contributed by atoms with Crippen molar-refractivity contribution >= 4 is 42.1 Å². The van der Waals surface area contributed by atoms with E-state index >= 15 is 0 Å². The van der Waals surface area contributed by atoms with Crippen LogP contribution in [-0.4, -0.2) is 82.7 Å². The van der Waals surface area contributed by atoms with Crippen LogP contribution in [-0.2, 0) is 20.4 Å². The van der Waals surface area contributed by atoms with Crippen molar-refractivity contribution in [3.05, 3.63) is 84.4 Å². The average Bonchev–Trinajstić information content (AvgIpc) is 3.54. The summed E-state index contributed by atoms with van der Waals surface area (Å²) in [6.45, 7) is 18.7. The number of amides is 2. The minimum absolute atomic E-state index is 0.0230. The topological polar surface area (TPSA) is 74.3 Å². The Kier molecular flexibility index (Phi) is 11.1. The van der Waals surface area contributed by atoms with Gasteiger partial charge in [0.25, 0.3) is 8.32 Å². The quantitative estimate of drug-likeness (QED) is 0.282. The molecule has 8 nitrogen and oxygen atoms in total. The van der Waals surface area contributed by atoms with Crippen LogP contribution in [0.2, 0.25) is 5.04 Å². The van der Waals surface area contributed by atoms with Gasteiger partial charge in [0.1, 0.15) is 11.6 Å². The van der Waals surface area contributed by atoms with Crippen LogP contribution >= 0.6 is 0 Å². The second-order valence-electron chi connectivity index (χ2n) is 16.5. The number of nitrogens with one attached hydrogen (secondary N) is 1. The van der Waals surface area contributed by atoms with Gasteiger partial charge in [-0.2, -0.15) is 0 Å². The van der Waals surface area contributed by atoms with Crippen molar-refractivity contribution in [2.45, 2.75) is 97.0 Å². The van der Waals surface area contributed by atoms with E-state index in [-0.39, 0.29) is 41.1 Å². The first-order chi connectivity index (χ1) is 23.5. The van der Waals surface area contributed by atoms with E-state index in [1.54, 1.807) is 4.90 Å². The van der Waals surface area contributed by atoms with Gasteiger partial charge in [-0.25, -0.2) is 4.79 Å². The molecule has 2 aliphatic heterocycles. The van der Waals surface area contributed by atoms with E-state index in [1.807, 2.05) is 34.9 Å². The Bertz CT molecular complexity index is 1580. The molecule has 0 spiro atoms. The number of hydrogen-bond acceptors (Lipinski definition) is 6. The fourth-order valence-corrected chi connectivity index (χ4v) is 12.4. The maximum atomic E-state index is 14.1. The Morgan fingerprint density at radius 3 is 2.10 bits per heavy atom. The van der Waals surface area contributed by atoms with E-state index in [9.17, 15) is 9.59 Å². The highest BCUT2D eigenvalue weighted by atomic mass is 28.4. The predicted molar refractivity (Wildman–Crippen MR) is 207 cm³/mol. The summed E-state index contributed by atoms with van der Waals surface area (Å²) in [6, 6.07) is 27.5. The second kappa shape index (κ2) is 14.8. The van der Waals surface area contributed by atoms with E-state index in [4.69, 9.17) is 9.16 Å². The van der Waals surface area contributed by atoms with Gasteiger partial charge in [-0.1, -0.05) is 101 Å². The number of hydrogen-bond donors (Lipinski definition) is 1. The highest BCUT2D eigenvalue weighted by Crippen LogP contribution is 2.38. The lowest BCUT2D eigenvalue weighted by atomic mass is 9.95. The molecule has 1 fully saturated rings. The average molecular weight is 699 g/mol. The van der Waals surface area contributed by atoms with Gasteiger partial charge in [-0.05, 0) is 72.6 Å². The Balaban J connectivity index is 1.45. The second-order valence-corrected chi connectivity index (χ2v) is 20.8. The molecular formula is C41H58N4O4Si. The van der Waals surface area contributed by atoms with Crippen molar-refractivity contribution in [2.75, 3.05) is 43.6 Å². The Morgan fingerprint density at radius 1 is 0.960 bits per heavy atom. The van der Waals surface area contributed by atoms with Gasteiger partial charge in [0.05, 0.1) is 18.7 Å². The molecule has 3 aromatic carbocycles. The van der Waals surface area contributed by atoms with Crippen LogP contribution in [0.1, 0.15) is 67.4 Å². The molecule has 0 saturated carbocycles. The molecule has 3 atom stereocenters. The zero-order valence-corrected chi connectivity index (χ0v) is 32.8. The van der Waals surface area contributed by atoms with Crippen molar-refractivity contribution in [3.63, 3.8) is 0 Å². The summed E-state index contributed by atoms with van der Waals surface area (Å²) in [7, 11) is 1.07. The molecular weight excluding hydrogens is 641 g/mol. The fraction of sp³-hybridized carbons (Fsp3) is 0.512. The van der Waals surface area contributed by atoms with E-state index in [1.165, 1.54) is 15.9 Å². The van der Waals surface area contributed by atoms with Gasteiger partial charge in [-0.3, -0.25) is 4.79 Å². The molecule has 9 heteroatoms. The van der Waals surface area contributed by atoms with E-state index in [2.05, 4.69) is 129 Å². The van der Waals surface area contributed by atoms with Crippen molar-refractivity contribution < 1.29 is 18.8 Å². The summed E-state index contributed by atoms with van der Waals surface area (Å²) in [4.78, 5) is 33.1. The number of likely N-dealkylation sites (N-methyl/N-ethyl adjacent to an activating group) is 2. The predicted octanol–water partition coefficient (Wildman–Crippen LogP) is 6.21. The third kappa shape index (κ3) is 7.89. The molecule has 2 heterocycles. The summed E-state index contributed by atoms with van der Waals surface area (Å²) in [6.07, 6.45) is 1.22. The van der Waals surface area contributed by atoms with Crippen LogP contribution in [0.3, 0.4) is 0 Å². The maximum Gasteiger partial charge on any atom is 0.410 e. The number of carbonyl (C=O) groups excluding carboxylic acids is 2. The van der Waals surface area contributed by atoms with Crippen molar-refractivity contribution in [3.8, 4) is 0 Å². The van der Waals surface area contributed by atoms with Crippen molar-refractivity contribution in [1.82, 2.24) is 10.2 Å². The zero-order valence-electron chi connectivity index (χ0n) is 31.8. The summed E-state index contributed by atoms with van der Waals surface area (Å²) in [5.41, 5.74) is 2.81. The van der Waals surface area contributed by atoms with Crippen LogP contribution in [0.25, 0.3) is 0 Å². The first kappa shape index (κ1) is 37.4. The van der Waals surface area contributed by atoms with Gasteiger partial charge in [0, 0.05) is 38.6 Å². The SMILES string of the molecule is CC(C)[C@H]1C(=O)N[C@H](CO[Si](c2ccccc2)(c2ccccc2)C(C)(C)C)Cc2ccc(N3CC[C@@H](N(C)C(=O)OC(C)(C)C)C3)cc2N1C. The Morgan fingerprint density at radius 2 is 1.56 bits per heavy atom. The third-order valence-electron chi connectivity index (χ3n) is 10.3. The molecule has 1 N–H and O–H groups in total. The summed E-state index contributed by atoms with van der Waals surface area (Å²) in [5, 5.41) is 5.70.